The van der Waals surface area contributed by atoms with Crippen molar-refractivity contribution in [3.63, 3.8) is 0 Å². The minimum Gasteiger partial charge on any atom is -0.444 e. The van der Waals surface area contributed by atoms with Gasteiger partial charge in [0, 0.05) is 12.0 Å². The van der Waals surface area contributed by atoms with Crippen LogP contribution in [0.3, 0.4) is 0 Å². The number of benzene rings is 1. The molecule has 0 bridgehead atoms. The van der Waals surface area contributed by atoms with E-state index in [1.807, 2.05) is 0 Å². The van der Waals surface area contributed by atoms with Crippen molar-refractivity contribution in [3.05, 3.63) is 45.5 Å². The maximum absolute atomic E-state index is 13.4. The number of nitrogens with zero attached hydrogens (tertiary/aromatic N) is 1. The molecule has 1 rings (SSSR count). The predicted molar refractivity (Wildman–Crippen MR) is 81.1 cm³/mol. The molecule has 24 heavy (non-hydrogen) atoms. The molecule has 0 aromatic heterocycles. The van der Waals surface area contributed by atoms with Crippen molar-refractivity contribution in [1.82, 2.24) is 5.32 Å². The van der Waals surface area contributed by atoms with Crippen molar-refractivity contribution in [2.75, 3.05) is 13.7 Å². The van der Waals surface area contributed by atoms with E-state index in [0.717, 1.165) is 12.1 Å². The highest BCUT2D eigenvalue weighted by Gasteiger charge is 2.31. The Balaban J connectivity index is 3.04. The van der Waals surface area contributed by atoms with E-state index in [-0.39, 0.29) is 5.56 Å². The number of alkyl carbamates (subject to hydrolysis) is 1. The highest BCUT2D eigenvalue weighted by atomic mass is 19.2. The summed E-state index contributed by atoms with van der Waals surface area (Å²) in [6.45, 7) is 4.23. The van der Waals surface area contributed by atoms with E-state index in [2.05, 4.69) is 5.32 Å². The Morgan fingerprint density at radius 2 is 1.96 bits per heavy atom. The lowest BCUT2D eigenvalue weighted by Crippen LogP contribution is -2.46. The van der Waals surface area contributed by atoms with Gasteiger partial charge in [0.25, 0.3) is 0 Å². The molecule has 134 valence electrons. The van der Waals surface area contributed by atoms with Crippen molar-refractivity contribution in [2.45, 2.75) is 38.5 Å². The molecule has 7 nitrogen and oxygen atoms in total. The molecule has 0 saturated heterocycles. The minimum absolute atomic E-state index is 0.152. The number of hydrogen-bond acceptors (Lipinski definition) is 5. The van der Waals surface area contributed by atoms with Crippen LogP contribution in [-0.4, -0.2) is 36.3 Å². The standard InChI is InChI=1S/C15H20F2N2O5/c1-15(2,3)24-14(20)18-12(8-19(21)22)13(23-4)9-5-6-10(16)11(17)7-9/h5-7,12-13H,8H2,1-4H3,(H,18,20)/t12-,13-/m0/s1. The molecule has 1 N–H and O–H groups in total. The van der Waals surface area contributed by atoms with Crippen LogP contribution < -0.4 is 5.32 Å². The Hall–Kier alpha value is -2.29. The van der Waals surface area contributed by atoms with Crippen molar-refractivity contribution in [2.24, 2.45) is 0 Å². The largest absolute Gasteiger partial charge is 0.444 e. The minimum atomic E-state index is -1.13. The van der Waals surface area contributed by atoms with Crippen LogP contribution in [0.25, 0.3) is 0 Å². The summed E-state index contributed by atoms with van der Waals surface area (Å²) in [7, 11) is 1.25. The highest BCUT2D eigenvalue weighted by Crippen LogP contribution is 2.23. The van der Waals surface area contributed by atoms with Gasteiger partial charge in [-0.25, -0.2) is 13.6 Å². The van der Waals surface area contributed by atoms with Gasteiger partial charge in [-0.1, -0.05) is 6.07 Å². The number of amides is 1. The second-order valence-corrected chi connectivity index (χ2v) is 6.10. The zero-order valence-corrected chi connectivity index (χ0v) is 13.8. The molecule has 0 unspecified atom stereocenters. The summed E-state index contributed by atoms with van der Waals surface area (Å²) in [5, 5.41) is 13.2. The van der Waals surface area contributed by atoms with Crippen LogP contribution in [0, 0.1) is 21.7 Å². The van der Waals surface area contributed by atoms with Crippen molar-refractivity contribution >= 4 is 6.09 Å². The average Bonchev–Trinajstić information content (AvgIpc) is 2.40. The smallest absolute Gasteiger partial charge is 0.408 e. The van der Waals surface area contributed by atoms with Crippen LogP contribution in [0.15, 0.2) is 18.2 Å². The number of halogens is 2. The first-order chi connectivity index (χ1) is 11.0. The summed E-state index contributed by atoms with van der Waals surface area (Å²) in [4.78, 5) is 22.1. The molecule has 1 aromatic carbocycles. The Morgan fingerprint density at radius 3 is 2.42 bits per heavy atom. The van der Waals surface area contributed by atoms with Gasteiger partial charge in [0.15, 0.2) is 11.6 Å². The van der Waals surface area contributed by atoms with Crippen molar-refractivity contribution < 1.29 is 28.0 Å². The van der Waals surface area contributed by atoms with Crippen LogP contribution in [-0.2, 0) is 9.47 Å². The van der Waals surface area contributed by atoms with Gasteiger partial charge in [-0.3, -0.25) is 10.1 Å². The zero-order chi connectivity index (χ0) is 18.5. The van der Waals surface area contributed by atoms with E-state index in [4.69, 9.17) is 9.47 Å². The lowest BCUT2D eigenvalue weighted by atomic mass is 10.0. The van der Waals surface area contributed by atoms with Gasteiger partial charge in [-0.2, -0.15) is 0 Å². The molecule has 0 radical (unpaired) electrons. The molecule has 2 atom stereocenters. The van der Waals surface area contributed by atoms with Crippen LogP contribution in [0.5, 0.6) is 0 Å². The number of nitro groups is 1. The first-order valence-corrected chi connectivity index (χ1v) is 7.12. The molecular weight excluding hydrogens is 326 g/mol. The lowest BCUT2D eigenvalue weighted by Gasteiger charge is -2.26. The van der Waals surface area contributed by atoms with Gasteiger partial charge in [0.05, 0.1) is 0 Å². The quantitative estimate of drug-likeness (QED) is 0.632. The third kappa shape index (κ3) is 6.07. The van der Waals surface area contributed by atoms with E-state index in [9.17, 15) is 23.7 Å². The summed E-state index contributed by atoms with van der Waals surface area (Å²) in [5.74, 6) is -2.17. The molecule has 0 saturated carbocycles. The Bertz CT molecular complexity index is 604. The van der Waals surface area contributed by atoms with Crippen LogP contribution in [0.4, 0.5) is 13.6 Å². The number of carbonyl (C=O) groups is 1. The Morgan fingerprint density at radius 1 is 1.33 bits per heavy atom. The van der Waals surface area contributed by atoms with Gasteiger partial charge in [0.2, 0.25) is 6.54 Å². The molecule has 0 spiro atoms. The Labute approximate surface area is 138 Å². The molecule has 0 heterocycles. The number of methoxy groups -OCH3 is 1. The molecule has 0 fully saturated rings. The van der Waals surface area contributed by atoms with E-state index in [1.54, 1.807) is 20.8 Å². The molecule has 1 amide bonds. The molecule has 9 heteroatoms. The maximum Gasteiger partial charge on any atom is 0.408 e. The van der Waals surface area contributed by atoms with Crippen molar-refractivity contribution in [1.29, 1.82) is 0 Å². The summed E-state index contributed by atoms with van der Waals surface area (Å²) in [6, 6.07) is 1.85. The SMILES string of the molecule is CO[C@@H](c1ccc(F)c(F)c1)[C@H](C[N+](=O)[O-])NC(=O)OC(C)(C)C. The topological polar surface area (TPSA) is 90.7 Å². The van der Waals surface area contributed by atoms with Gasteiger partial charge in [-0.05, 0) is 38.5 Å². The highest BCUT2D eigenvalue weighted by molar-refractivity contribution is 5.68. The third-order valence-corrected chi connectivity index (χ3v) is 2.94. The van der Waals surface area contributed by atoms with E-state index < -0.39 is 46.9 Å². The van der Waals surface area contributed by atoms with Gasteiger partial charge < -0.3 is 14.8 Å². The first-order valence-electron chi connectivity index (χ1n) is 7.12. The molecule has 0 aliphatic rings. The van der Waals surface area contributed by atoms with Crippen LogP contribution in [0.1, 0.15) is 32.4 Å². The third-order valence-electron chi connectivity index (χ3n) is 2.94. The average molecular weight is 346 g/mol. The fourth-order valence-electron chi connectivity index (χ4n) is 2.06. The number of ether oxygens (including phenoxy) is 2. The van der Waals surface area contributed by atoms with E-state index in [0.29, 0.717) is 0 Å². The van der Waals surface area contributed by atoms with Gasteiger partial charge >= 0.3 is 6.09 Å². The summed E-state index contributed by atoms with van der Waals surface area (Å²) < 4.78 is 36.7. The number of hydrogen-bond donors (Lipinski definition) is 1. The van der Waals surface area contributed by atoms with Gasteiger partial charge in [-0.15, -0.1) is 0 Å². The van der Waals surface area contributed by atoms with Crippen LogP contribution >= 0.6 is 0 Å². The Kier molecular flexibility index (Phi) is 6.59. The fraction of sp³-hybridized carbons (Fsp3) is 0.533. The predicted octanol–water partition coefficient (Wildman–Crippen LogP) is 2.82. The van der Waals surface area contributed by atoms with Crippen molar-refractivity contribution in [3.8, 4) is 0 Å². The maximum atomic E-state index is 13.4. The zero-order valence-electron chi connectivity index (χ0n) is 13.8. The summed E-state index contributed by atoms with van der Waals surface area (Å²) in [6.07, 6.45) is -1.93. The molecule has 0 aliphatic carbocycles. The number of rotatable bonds is 6. The summed E-state index contributed by atoms with van der Waals surface area (Å²) in [5.41, 5.74) is -0.646. The summed E-state index contributed by atoms with van der Waals surface area (Å²) >= 11 is 0. The lowest BCUT2D eigenvalue weighted by molar-refractivity contribution is -0.485. The monoisotopic (exact) mass is 346 g/mol. The molecule has 0 aliphatic heterocycles. The van der Waals surface area contributed by atoms with Crippen LogP contribution in [0.2, 0.25) is 0 Å². The number of nitrogens with one attached hydrogen (secondary N) is 1. The normalized spacial score (nSPS) is 13.9. The van der Waals surface area contributed by atoms with E-state index in [1.165, 1.54) is 13.2 Å². The van der Waals surface area contributed by atoms with E-state index >= 15 is 0 Å². The number of carbonyl (C=O) groups excluding carboxylic acids is 1. The van der Waals surface area contributed by atoms with Gasteiger partial charge in [0.1, 0.15) is 17.7 Å². The first kappa shape index (κ1) is 19.8. The molecular formula is C15H20F2N2O5. The fourth-order valence-corrected chi connectivity index (χ4v) is 2.06. The second-order valence-electron chi connectivity index (χ2n) is 6.10. The second kappa shape index (κ2) is 8.00. The molecule has 1 aromatic rings.